The first kappa shape index (κ1) is 28.3. The molecule has 2 saturated carbocycles. The van der Waals surface area contributed by atoms with E-state index in [0.717, 1.165) is 62.5 Å². The van der Waals surface area contributed by atoms with Crippen LogP contribution in [-0.2, 0) is 20.7 Å². The van der Waals surface area contributed by atoms with E-state index in [1.807, 2.05) is 50.5 Å². The molecule has 0 saturated heterocycles. The number of rotatable bonds is 4. The molecule has 0 unspecified atom stereocenters. The monoisotopic (exact) mass is 478 g/mol. The standard InChI is InChI=1S/2C13H17NO.2ClH/c2*1-14-13(10-6-5-9-12(13)15)11-7-3-2-4-8-11;;/h2*2-4,7-8,14H,5-6,9-10H2,1H3;2*1H/t2*13-;;/m00../s1. The van der Waals surface area contributed by atoms with E-state index in [1.54, 1.807) is 0 Å². The number of hydrogen-bond donors (Lipinski definition) is 2. The van der Waals surface area contributed by atoms with Crippen LogP contribution in [0.25, 0.3) is 0 Å². The number of benzene rings is 2. The Morgan fingerprint density at radius 1 is 0.594 bits per heavy atom. The highest BCUT2D eigenvalue weighted by molar-refractivity contribution is 5.89. The summed E-state index contributed by atoms with van der Waals surface area (Å²) in [6.07, 6.45) is 7.86. The number of halogens is 2. The number of likely N-dealkylation sites (N-methyl/N-ethyl adjacent to an activating group) is 2. The summed E-state index contributed by atoms with van der Waals surface area (Å²) in [5.41, 5.74) is 1.74. The van der Waals surface area contributed by atoms with Crippen LogP contribution in [0.15, 0.2) is 60.7 Å². The number of ketones is 2. The average Bonchev–Trinajstić information content (AvgIpc) is 2.82. The van der Waals surface area contributed by atoms with Gasteiger partial charge in [-0.25, -0.2) is 0 Å². The van der Waals surface area contributed by atoms with Crippen molar-refractivity contribution in [1.82, 2.24) is 0 Å². The van der Waals surface area contributed by atoms with Crippen molar-refractivity contribution in [3.63, 3.8) is 0 Å². The maximum Gasteiger partial charge on any atom is 0.197 e. The van der Waals surface area contributed by atoms with Crippen LogP contribution in [-0.4, -0.2) is 25.7 Å². The van der Waals surface area contributed by atoms with Gasteiger partial charge in [-0.1, -0.05) is 60.7 Å². The molecule has 2 aromatic rings. The number of Topliss-reactive ketones (excluding diaryl/α,β-unsaturated/α-hetero) is 2. The van der Waals surface area contributed by atoms with Crippen molar-refractivity contribution >= 4 is 11.6 Å². The SMILES string of the molecule is C[NH2+][C@]1(c2ccccc2)CCCCC1=O.C[NH2+][C@]1(c2ccccc2)CCCCC1=O.[Cl-].[Cl-]. The van der Waals surface area contributed by atoms with Gasteiger partial charge >= 0.3 is 0 Å². The van der Waals surface area contributed by atoms with Gasteiger partial charge in [0.15, 0.2) is 22.6 Å². The largest absolute Gasteiger partial charge is 1.00 e. The van der Waals surface area contributed by atoms with Crippen LogP contribution < -0.4 is 35.4 Å². The van der Waals surface area contributed by atoms with Gasteiger partial charge in [0.25, 0.3) is 0 Å². The van der Waals surface area contributed by atoms with Crippen molar-refractivity contribution in [1.29, 1.82) is 0 Å². The normalized spacial score (nSPS) is 24.9. The Balaban J connectivity index is 0.000000301. The highest BCUT2D eigenvalue weighted by Gasteiger charge is 2.44. The predicted octanol–water partition coefficient (Wildman–Crippen LogP) is -3.56. The maximum absolute atomic E-state index is 12.1. The Morgan fingerprint density at radius 3 is 1.22 bits per heavy atom. The van der Waals surface area contributed by atoms with Gasteiger partial charge in [0, 0.05) is 36.8 Å². The lowest BCUT2D eigenvalue weighted by Crippen LogP contribution is -3.00. The summed E-state index contributed by atoms with van der Waals surface area (Å²) >= 11 is 0. The lowest BCUT2D eigenvalue weighted by atomic mass is 9.76. The van der Waals surface area contributed by atoms with Crippen molar-refractivity contribution in [3.05, 3.63) is 71.8 Å². The Labute approximate surface area is 204 Å². The molecule has 2 fully saturated rings. The second kappa shape index (κ2) is 13.1. The fourth-order valence-corrected chi connectivity index (χ4v) is 5.13. The van der Waals surface area contributed by atoms with Crippen LogP contribution in [0.4, 0.5) is 0 Å². The van der Waals surface area contributed by atoms with Gasteiger partial charge in [-0.2, -0.15) is 0 Å². The van der Waals surface area contributed by atoms with E-state index < -0.39 is 0 Å². The molecule has 0 bridgehead atoms. The summed E-state index contributed by atoms with van der Waals surface area (Å²) in [5, 5.41) is 4.17. The fourth-order valence-electron chi connectivity index (χ4n) is 5.13. The third kappa shape index (κ3) is 5.79. The number of nitrogens with two attached hydrogens (primary N) is 2. The van der Waals surface area contributed by atoms with E-state index in [-0.39, 0.29) is 35.9 Å². The van der Waals surface area contributed by atoms with Crippen molar-refractivity contribution < 1.29 is 45.0 Å². The first-order chi connectivity index (χ1) is 14.6. The summed E-state index contributed by atoms with van der Waals surface area (Å²) in [7, 11) is 4.02. The molecule has 0 aliphatic heterocycles. The summed E-state index contributed by atoms with van der Waals surface area (Å²) < 4.78 is 0. The minimum atomic E-state index is -0.292. The van der Waals surface area contributed by atoms with Crippen molar-refractivity contribution in [2.75, 3.05) is 14.1 Å². The number of carbonyl (C=O) groups is 2. The number of hydrogen-bond acceptors (Lipinski definition) is 2. The molecule has 0 heterocycles. The van der Waals surface area contributed by atoms with Gasteiger partial charge in [0.1, 0.15) is 0 Å². The van der Waals surface area contributed by atoms with Crippen molar-refractivity contribution in [3.8, 4) is 0 Å². The Hall–Kier alpha value is -1.72. The molecular formula is C26H36Cl2N2O2. The van der Waals surface area contributed by atoms with Gasteiger partial charge in [0.2, 0.25) is 0 Å². The Kier molecular flexibility index (Phi) is 11.6. The molecule has 4 rings (SSSR count). The molecule has 0 radical (unpaired) electrons. The van der Waals surface area contributed by atoms with Gasteiger partial charge in [-0.15, -0.1) is 0 Å². The molecule has 4 N–H and O–H groups in total. The molecule has 2 aliphatic rings. The van der Waals surface area contributed by atoms with E-state index >= 15 is 0 Å². The van der Waals surface area contributed by atoms with Gasteiger partial charge in [-0.3, -0.25) is 9.59 Å². The van der Waals surface area contributed by atoms with E-state index in [9.17, 15) is 9.59 Å². The second-order valence-electron chi connectivity index (χ2n) is 8.51. The quantitative estimate of drug-likeness (QED) is 0.477. The average molecular weight is 479 g/mol. The Morgan fingerprint density at radius 2 is 0.938 bits per heavy atom. The molecule has 6 heteroatoms. The molecule has 2 aliphatic carbocycles. The summed E-state index contributed by atoms with van der Waals surface area (Å²) in [6.45, 7) is 0. The van der Waals surface area contributed by atoms with Gasteiger partial charge < -0.3 is 35.4 Å². The maximum atomic E-state index is 12.1. The highest BCUT2D eigenvalue weighted by Crippen LogP contribution is 2.31. The Bertz CT molecular complexity index is 776. The molecule has 0 spiro atoms. The van der Waals surface area contributed by atoms with Gasteiger partial charge in [0.05, 0.1) is 14.1 Å². The second-order valence-corrected chi connectivity index (χ2v) is 8.51. The fraction of sp³-hybridized carbons (Fsp3) is 0.462. The summed E-state index contributed by atoms with van der Waals surface area (Å²) in [5.74, 6) is 0.782. The minimum absolute atomic E-state index is 0. The van der Waals surface area contributed by atoms with Crippen LogP contribution in [0.5, 0.6) is 0 Å². The van der Waals surface area contributed by atoms with Crippen LogP contribution in [0.2, 0.25) is 0 Å². The van der Waals surface area contributed by atoms with E-state index in [2.05, 4.69) is 34.9 Å². The van der Waals surface area contributed by atoms with E-state index in [4.69, 9.17) is 0 Å². The summed E-state index contributed by atoms with van der Waals surface area (Å²) in [4.78, 5) is 24.2. The zero-order valence-corrected chi connectivity index (χ0v) is 20.7. The van der Waals surface area contributed by atoms with E-state index in [0.29, 0.717) is 11.6 Å². The summed E-state index contributed by atoms with van der Waals surface area (Å²) in [6, 6.07) is 20.4. The molecule has 32 heavy (non-hydrogen) atoms. The first-order valence-corrected chi connectivity index (χ1v) is 11.4. The molecule has 2 atom stereocenters. The van der Waals surface area contributed by atoms with Crippen LogP contribution >= 0.6 is 0 Å². The number of quaternary nitrogens is 2. The molecule has 4 nitrogen and oxygen atoms in total. The van der Waals surface area contributed by atoms with E-state index in [1.165, 1.54) is 0 Å². The molecular weight excluding hydrogens is 443 g/mol. The lowest BCUT2D eigenvalue weighted by Gasteiger charge is -2.32. The van der Waals surface area contributed by atoms with Crippen LogP contribution in [0.3, 0.4) is 0 Å². The smallest absolute Gasteiger partial charge is 0.197 e. The molecule has 0 amide bonds. The molecule has 2 aromatic carbocycles. The minimum Gasteiger partial charge on any atom is -1.00 e. The van der Waals surface area contributed by atoms with Crippen molar-refractivity contribution in [2.45, 2.75) is 62.4 Å². The predicted molar refractivity (Wildman–Crippen MR) is 119 cm³/mol. The van der Waals surface area contributed by atoms with Crippen molar-refractivity contribution in [2.24, 2.45) is 0 Å². The van der Waals surface area contributed by atoms with Gasteiger partial charge in [-0.05, 0) is 25.7 Å². The van der Waals surface area contributed by atoms with Crippen LogP contribution in [0.1, 0.15) is 62.5 Å². The lowest BCUT2D eigenvalue weighted by molar-refractivity contribution is -0.699. The number of carbonyl (C=O) groups excluding carboxylic acids is 2. The zero-order valence-electron chi connectivity index (χ0n) is 19.2. The third-order valence-corrected chi connectivity index (χ3v) is 7.01. The highest BCUT2D eigenvalue weighted by atomic mass is 35.5. The third-order valence-electron chi connectivity index (χ3n) is 7.01. The topological polar surface area (TPSA) is 67.4 Å². The van der Waals surface area contributed by atoms with Crippen LogP contribution in [0, 0.1) is 0 Å². The molecule has 176 valence electrons. The first-order valence-electron chi connectivity index (χ1n) is 11.4. The molecule has 0 aromatic heterocycles. The zero-order chi connectivity index (χ0) is 21.5.